The first-order chi connectivity index (χ1) is 14.4. The lowest BCUT2D eigenvalue weighted by Crippen LogP contribution is -2.35. The molecule has 0 spiro atoms. The maximum absolute atomic E-state index is 12.7. The second-order valence-corrected chi connectivity index (χ2v) is 9.52. The van der Waals surface area contributed by atoms with E-state index < -0.39 is 10.0 Å². The number of piperidine rings is 1. The summed E-state index contributed by atoms with van der Waals surface area (Å²) in [6, 6.07) is 14.2. The molecule has 0 aromatic heterocycles. The van der Waals surface area contributed by atoms with Crippen molar-refractivity contribution in [1.82, 2.24) is 9.62 Å². The maximum Gasteiger partial charge on any atom is 0.243 e. The Morgan fingerprint density at radius 3 is 2.23 bits per heavy atom. The van der Waals surface area contributed by atoms with Gasteiger partial charge >= 0.3 is 0 Å². The Kier molecular flexibility index (Phi) is 7.50. The third-order valence-corrected chi connectivity index (χ3v) is 7.42. The average molecular weight is 431 g/mol. The number of ether oxygens (including phenoxy) is 1. The average Bonchev–Trinajstić information content (AvgIpc) is 2.78. The standard InChI is InChI=1S/C23H30N2O4S/c1-3-22(19-9-11-20(29-2)12-10-19)24-23(26)17-18-7-13-21(14-8-18)30(27,28)25-15-5-4-6-16-25/h7-14,22H,3-6,15-17H2,1-2H3,(H,24,26). The topological polar surface area (TPSA) is 75.7 Å². The smallest absolute Gasteiger partial charge is 0.243 e. The van der Waals surface area contributed by atoms with Gasteiger partial charge < -0.3 is 10.1 Å². The molecule has 1 aliphatic heterocycles. The molecule has 0 aliphatic carbocycles. The number of rotatable bonds is 8. The number of hydrogen-bond acceptors (Lipinski definition) is 4. The SMILES string of the molecule is CCC(NC(=O)Cc1ccc(S(=O)(=O)N2CCCCC2)cc1)c1ccc(OC)cc1. The van der Waals surface area contributed by atoms with E-state index >= 15 is 0 Å². The van der Waals surface area contributed by atoms with Crippen molar-refractivity contribution < 1.29 is 17.9 Å². The van der Waals surface area contributed by atoms with Crippen LogP contribution in [-0.4, -0.2) is 38.8 Å². The number of amides is 1. The highest BCUT2D eigenvalue weighted by Gasteiger charge is 2.25. The van der Waals surface area contributed by atoms with Crippen molar-refractivity contribution in [2.24, 2.45) is 0 Å². The van der Waals surface area contributed by atoms with Crippen LogP contribution in [0, 0.1) is 0 Å². The van der Waals surface area contributed by atoms with E-state index in [-0.39, 0.29) is 18.4 Å². The molecule has 30 heavy (non-hydrogen) atoms. The van der Waals surface area contributed by atoms with Crippen molar-refractivity contribution in [2.45, 2.75) is 50.0 Å². The number of sulfonamides is 1. The van der Waals surface area contributed by atoms with E-state index in [0.717, 1.165) is 42.6 Å². The third-order valence-electron chi connectivity index (χ3n) is 5.50. The molecule has 1 atom stereocenters. The molecule has 0 saturated carbocycles. The highest BCUT2D eigenvalue weighted by molar-refractivity contribution is 7.89. The van der Waals surface area contributed by atoms with E-state index in [9.17, 15) is 13.2 Å². The van der Waals surface area contributed by atoms with Crippen LogP contribution in [-0.2, 0) is 21.2 Å². The van der Waals surface area contributed by atoms with E-state index in [2.05, 4.69) is 5.32 Å². The van der Waals surface area contributed by atoms with Gasteiger partial charge in [-0.2, -0.15) is 4.31 Å². The van der Waals surface area contributed by atoms with Gasteiger partial charge in [-0.05, 0) is 54.7 Å². The summed E-state index contributed by atoms with van der Waals surface area (Å²) in [5.41, 5.74) is 1.81. The van der Waals surface area contributed by atoms with Gasteiger partial charge in [0.2, 0.25) is 15.9 Å². The summed E-state index contributed by atoms with van der Waals surface area (Å²) in [5.74, 6) is 0.684. The predicted octanol–water partition coefficient (Wildman–Crippen LogP) is 3.68. The predicted molar refractivity (Wildman–Crippen MR) is 117 cm³/mol. The van der Waals surface area contributed by atoms with Crippen LogP contribution in [0.15, 0.2) is 53.4 Å². The zero-order chi connectivity index (χ0) is 21.6. The van der Waals surface area contributed by atoms with Gasteiger partial charge in [-0.25, -0.2) is 8.42 Å². The highest BCUT2D eigenvalue weighted by Crippen LogP contribution is 2.22. The van der Waals surface area contributed by atoms with Gasteiger partial charge in [0.15, 0.2) is 0 Å². The molecular weight excluding hydrogens is 400 g/mol. The summed E-state index contributed by atoms with van der Waals surface area (Å²) in [7, 11) is -1.83. The van der Waals surface area contributed by atoms with Crippen molar-refractivity contribution in [3.63, 3.8) is 0 Å². The van der Waals surface area contributed by atoms with Gasteiger partial charge in [0.25, 0.3) is 0 Å². The molecule has 0 bridgehead atoms. The number of nitrogens with zero attached hydrogens (tertiary/aromatic N) is 1. The van der Waals surface area contributed by atoms with Crippen LogP contribution in [0.3, 0.4) is 0 Å². The van der Waals surface area contributed by atoms with Gasteiger partial charge in [-0.15, -0.1) is 0 Å². The molecule has 1 saturated heterocycles. The van der Waals surface area contributed by atoms with Crippen LogP contribution in [0.5, 0.6) is 5.75 Å². The normalized spacial score (nSPS) is 16.1. The fraction of sp³-hybridized carbons (Fsp3) is 0.435. The Hall–Kier alpha value is -2.38. The number of hydrogen-bond donors (Lipinski definition) is 1. The number of carbonyl (C=O) groups excluding carboxylic acids is 1. The number of nitrogens with one attached hydrogen (secondary N) is 1. The van der Waals surface area contributed by atoms with Crippen molar-refractivity contribution in [3.05, 3.63) is 59.7 Å². The molecule has 3 rings (SSSR count). The van der Waals surface area contributed by atoms with E-state index in [0.29, 0.717) is 18.0 Å². The Bertz CT molecular complexity index is 934. The van der Waals surface area contributed by atoms with Crippen LogP contribution < -0.4 is 10.1 Å². The molecule has 0 radical (unpaired) electrons. The minimum absolute atomic E-state index is 0.0813. The molecule has 1 aliphatic rings. The fourth-order valence-electron chi connectivity index (χ4n) is 3.72. The summed E-state index contributed by atoms with van der Waals surface area (Å²) in [4.78, 5) is 12.8. The Labute approximate surface area is 179 Å². The van der Waals surface area contributed by atoms with Gasteiger partial charge in [-0.1, -0.05) is 37.6 Å². The molecule has 1 amide bonds. The highest BCUT2D eigenvalue weighted by atomic mass is 32.2. The van der Waals surface area contributed by atoms with Crippen molar-refractivity contribution in [3.8, 4) is 5.75 Å². The maximum atomic E-state index is 12.7. The Morgan fingerprint density at radius 2 is 1.67 bits per heavy atom. The molecule has 2 aromatic rings. The van der Waals surface area contributed by atoms with Crippen molar-refractivity contribution in [1.29, 1.82) is 0 Å². The fourth-order valence-corrected chi connectivity index (χ4v) is 5.24. The first-order valence-electron chi connectivity index (χ1n) is 10.5. The monoisotopic (exact) mass is 430 g/mol. The van der Waals surface area contributed by atoms with Crippen LogP contribution >= 0.6 is 0 Å². The molecular formula is C23H30N2O4S. The molecule has 1 heterocycles. The first kappa shape index (κ1) is 22.3. The van der Waals surface area contributed by atoms with Crippen LogP contribution in [0.1, 0.15) is 49.8 Å². The third kappa shape index (κ3) is 5.40. The summed E-state index contributed by atoms with van der Waals surface area (Å²) >= 11 is 0. The second kappa shape index (κ2) is 10.1. The van der Waals surface area contributed by atoms with Gasteiger partial charge in [0.1, 0.15) is 5.75 Å². The summed E-state index contributed by atoms with van der Waals surface area (Å²) in [5, 5.41) is 3.06. The molecule has 1 unspecified atom stereocenters. The van der Waals surface area contributed by atoms with E-state index in [1.807, 2.05) is 31.2 Å². The molecule has 7 heteroatoms. The minimum Gasteiger partial charge on any atom is -0.497 e. The second-order valence-electron chi connectivity index (χ2n) is 7.59. The number of carbonyl (C=O) groups is 1. The lowest BCUT2D eigenvalue weighted by atomic mass is 10.0. The molecule has 1 N–H and O–H groups in total. The van der Waals surface area contributed by atoms with Gasteiger partial charge in [-0.3, -0.25) is 4.79 Å². The number of benzene rings is 2. The lowest BCUT2D eigenvalue weighted by Gasteiger charge is -2.25. The minimum atomic E-state index is -3.45. The lowest BCUT2D eigenvalue weighted by molar-refractivity contribution is -0.121. The van der Waals surface area contributed by atoms with E-state index in [1.165, 1.54) is 0 Å². The summed E-state index contributed by atoms with van der Waals surface area (Å²) in [6.45, 7) is 3.18. The van der Waals surface area contributed by atoms with Gasteiger partial charge in [0, 0.05) is 13.1 Å². The largest absolute Gasteiger partial charge is 0.497 e. The zero-order valence-electron chi connectivity index (χ0n) is 17.6. The van der Waals surface area contributed by atoms with Crippen LogP contribution in [0.4, 0.5) is 0 Å². The molecule has 6 nitrogen and oxygen atoms in total. The van der Waals surface area contributed by atoms with E-state index in [1.54, 1.807) is 35.7 Å². The van der Waals surface area contributed by atoms with Crippen molar-refractivity contribution >= 4 is 15.9 Å². The molecule has 2 aromatic carbocycles. The van der Waals surface area contributed by atoms with E-state index in [4.69, 9.17) is 4.74 Å². The number of methoxy groups -OCH3 is 1. The Morgan fingerprint density at radius 1 is 1.03 bits per heavy atom. The first-order valence-corrected chi connectivity index (χ1v) is 11.9. The zero-order valence-corrected chi connectivity index (χ0v) is 18.5. The quantitative estimate of drug-likeness (QED) is 0.693. The molecule has 1 fully saturated rings. The van der Waals surface area contributed by atoms with Gasteiger partial charge in [0.05, 0.1) is 24.5 Å². The van der Waals surface area contributed by atoms with Crippen LogP contribution in [0.25, 0.3) is 0 Å². The summed E-state index contributed by atoms with van der Waals surface area (Å²) < 4.78 is 32.2. The summed E-state index contributed by atoms with van der Waals surface area (Å²) in [6.07, 6.45) is 3.87. The Balaban J connectivity index is 1.62. The molecule has 162 valence electrons. The van der Waals surface area contributed by atoms with Crippen molar-refractivity contribution in [2.75, 3.05) is 20.2 Å². The van der Waals surface area contributed by atoms with Crippen LogP contribution in [0.2, 0.25) is 0 Å².